The highest BCUT2D eigenvalue weighted by Crippen LogP contribution is 2.29. The molecule has 1 amide bonds. The fourth-order valence-electron chi connectivity index (χ4n) is 4.11. The number of benzene rings is 3. The Morgan fingerprint density at radius 1 is 0.919 bits per heavy atom. The molecule has 192 valence electrons. The molecule has 0 aliphatic carbocycles. The van der Waals surface area contributed by atoms with Crippen molar-refractivity contribution in [2.45, 2.75) is 32.2 Å². The fraction of sp³-hybridized carbons (Fsp3) is 0.222. The zero-order valence-electron chi connectivity index (χ0n) is 19.9. The second kappa shape index (κ2) is 10.6. The fourth-order valence-corrected chi connectivity index (χ4v) is 4.24. The second-order valence-electron chi connectivity index (χ2n) is 8.67. The monoisotopic (exact) mass is 528 g/mol. The lowest BCUT2D eigenvalue weighted by Gasteiger charge is -2.18. The molecule has 0 aliphatic rings. The van der Waals surface area contributed by atoms with Crippen LogP contribution < -0.4 is 5.62 Å². The minimum absolute atomic E-state index is 0.0459. The molecule has 0 saturated heterocycles. The number of nitrogens with zero attached hydrogens (tertiary/aromatic N) is 3. The molecule has 37 heavy (non-hydrogen) atoms. The Hall–Kier alpha value is -3.85. The molecule has 0 aliphatic heterocycles. The van der Waals surface area contributed by atoms with Gasteiger partial charge >= 0.3 is 6.18 Å². The van der Waals surface area contributed by atoms with Gasteiger partial charge in [0.25, 0.3) is 0 Å². The van der Waals surface area contributed by atoms with E-state index in [4.69, 9.17) is 17.0 Å². The summed E-state index contributed by atoms with van der Waals surface area (Å²) in [5.41, 5.74) is 1.82. The Labute approximate surface area is 216 Å². The lowest BCUT2D eigenvalue weighted by atomic mass is 10.1. The van der Waals surface area contributed by atoms with Gasteiger partial charge in [0.1, 0.15) is 0 Å². The molecule has 10 heteroatoms. The summed E-state index contributed by atoms with van der Waals surface area (Å²) in [4.78, 5) is 27.1. The van der Waals surface area contributed by atoms with Crippen LogP contribution in [0.4, 0.5) is 13.2 Å². The topological polar surface area (TPSA) is 71.1 Å². The highest BCUT2D eigenvalue weighted by molar-refractivity contribution is 6.30. The Kier molecular flexibility index (Phi) is 7.54. The van der Waals surface area contributed by atoms with E-state index in [1.54, 1.807) is 40.4 Å². The van der Waals surface area contributed by atoms with E-state index >= 15 is 0 Å². The standard InChI is InChI=1S/C27H24ClF3N4O2/c1-33(16-18-6-10-20(11-7-18)27(29,30)31)25(37)14-15-34-22-4-2-3-5-23(22)35(26(34)32)17-24(36)19-8-12-21(28)13-9-19/h2-13,32H,14-17H2,1H3. The maximum atomic E-state index is 12.9. The molecule has 0 fully saturated rings. The molecule has 0 unspecified atom stereocenters. The number of hydrogen-bond acceptors (Lipinski definition) is 3. The van der Waals surface area contributed by atoms with Crippen LogP contribution in [0.25, 0.3) is 11.0 Å². The number of carbonyl (C=O) groups is 2. The van der Waals surface area contributed by atoms with Gasteiger partial charge in [-0.05, 0) is 54.1 Å². The van der Waals surface area contributed by atoms with Crippen molar-refractivity contribution in [1.29, 1.82) is 5.41 Å². The van der Waals surface area contributed by atoms with Crippen LogP contribution in [0.3, 0.4) is 0 Å². The number of imidazole rings is 1. The molecule has 0 spiro atoms. The smallest absolute Gasteiger partial charge is 0.341 e. The van der Waals surface area contributed by atoms with E-state index in [0.29, 0.717) is 21.7 Å². The predicted octanol–water partition coefficient (Wildman–Crippen LogP) is 5.53. The summed E-state index contributed by atoms with van der Waals surface area (Å²) in [6.07, 6.45) is -4.34. The van der Waals surface area contributed by atoms with Crippen molar-refractivity contribution >= 4 is 34.3 Å². The summed E-state index contributed by atoms with van der Waals surface area (Å²) < 4.78 is 41.6. The van der Waals surface area contributed by atoms with Crippen LogP contribution in [0.1, 0.15) is 27.9 Å². The number of amides is 1. The van der Waals surface area contributed by atoms with Crippen LogP contribution in [0.2, 0.25) is 5.02 Å². The van der Waals surface area contributed by atoms with E-state index in [0.717, 1.165) is 17.6 Å². The molecule has 1 aromatic heterocycles. The molecular weight excluding hydrogens is 505 g/mol. The number of fused-ring (bicyclic) bond motifs is 1. The number of rotatable bonds is 8. The van der Waals surface area contributed by atoms with Crippen molar-refractivity contribution < 1.29 is 22.8 Å². The molecule has 1 heterocycles. The molecule has 6 nitrogen and oxygen atoms in total. The van der Waals surface area contributed by atoms with Gasteiger partial charge in [0.2, 0.25) is 11.5 Å². The van der Waals surface area contributed by atoms with E-state index in [-0.39, 0.29) is 43.4 Å². The number of carbonyl (C=O) groups excluding carboxylic acids is 2. The van der Waals surface area contributed by atoms with Gasteiger partial charge < -0.3 is 14.0 Å². The van der Waals surface area contributed by atoms with Gasteiger partial charge in [-0.3, -0.25) is 15.0 Å². The van der Waals surface area contributed by atoms with Crippen LogP contribution in [0, 0.1) is 5.41 Å². The van der Waals surface area contributed by atoms with Crippen molar-refractivity contribution in [3.63, 3.8) is 0 Å². The largest absolute Gasteiger partial charge is 0.416 e. The second-order valence-corrected chi connectivity index (χ2v) is 9.11. The number of halogens is 4. The Morgan fingerprint density at radius 3 is 2.11 bits per heavy atom. The third-order valence-electron chi connectivity index (χ3n) is 6.12. The molecule has 1 N–H and O–H groups in total. The summed E-state index contributed by atoms with van der Waals surface area (Å²) in [7, 11) is 1.58. The van der Waals surface area contributed by atoms with Crippen LogP contribution in [0.5, 0.6) is 0 Å². The van der Waals surface area contributed by atoms with E-state index in [9.17, 15) is 22.8 Å². The highest BCUT2D eigenvalue weighted by Gasteiger charge is 2.30. The number of aromatic nitrogens is 2. The number of aryl methyl sites for hydroxylation is 1. The number of Topliss-reactive ketones (excluding diaryl/α,β-unsaturated/α-hetero) is 1. The minimum atomic E-state index is -4.41. The molecule has 0 radical (unpaired) electrons. The van der Waals surface area contributed by atoms with Crippen molar-refractivity contribution in [3.8, 4) is 0 Å². The zero-order chi connectivity index (χ0) is 26.7. The normalized spacial score (nSPS) is 11.6. The van der Waals surface area contributed by atoms with Crippen molar-refractivity contribution in [3.05, 3.63) is 100 Å². The zero-order valence-corrected chi connectivity index (χ0v) is 20.7. The van der Waals surface area contributed by atoms with Gasteiger partial charge in [-0.25, -0.2) is 0 Å². The quantitative estimate of drug-likeness (QED) is 0.306. The number of alkyl halides is 3. The maximum absolute atomic E-state index is 12.9. The van der Waals surface area contributed by atoms with E-state index in [1.165, 1.54) is 17.0 Å². The van der Waals surface area contributed by atoms with Crippen LogP contribution >= 0.6 is 11.6 Å². The third kappa shape index (κ3) is 5.94. The Balaban J connectivity index is 1.47. The summed E-state index contributed by atoms with van der Waals surface area (Å²) in [6, 6.07) is 18.5. The first kappa shape index (κ1) is 26.2. The molecular formula is C27H24ClF3N4O2. The summed E-state index contributed by atoms with van der Waals surface area (Å²) >= 11 is 5.91. The van der Waals surface area contributed by atoms with Crippen LogP contribution in [-0.4, -0.2) is 32.8 Å². The SMILES string of the molecule is CN(Cc1ccc(C(F)(F)F)cc1)C(=O)CCn1c(=N)n(CC(=O)c2ccc(Cl)cc2)c2ccccc21. The summed E-state index contributed by atoms with van der Waals surface area (Å²) in [5.74, 6) is -0.397. The van der Waals surface area contributed by atoms with Gasteiger partial charge in [-0.15, -0.1) is 0 Å². The van der Waals surface area contributed by atoms with E-state index in [2.05, 4.69) is 0 Å². The molecule has 0 saturated carbocycles. The lowest BCUT2D eigenvalue weighted by Crippen LogP contribution is -2.31. The van der Waals surface area contributed by atoms with Gasteiger partial charge in [0.05, 0.1) is 23.1 Å². The highest BCUT2D eigenvalue weighted by atomic mass is 35.5. The molecule has 3 aromatic carbocycles. The first-order chi connectivity index (χ1) is 17.5. The van der Waals surface area contributed by atoms with Gasteiger partial charge in [0.15, 0.2) is 5.78 Å². The first-order valence-electron chi connectivity index (χ1n) is 11.5. The number of nitrogens with one attached hydrogen (secondary N) is 1. The van der Waals surface area contributed by atoms with Crippen molar-refractivity contribution in [2.75, 3.05) is 7.05 Å². The van der Waals surface area contributed by atoms with E-state index in [1.807, 2.05) is 24.3 Å². The van der Waals surface area contributed by atoms with E-state index < -0.39 is 11.7 Å². The first-order valence-corrected chi connectivity index (χ1v) is 11.8. The molecule has 4 rings (SSSR count). The summed E-state index contributed by atoms with van der Waals surface area (Å²) in [5, 5.41) is 9.23. The van der Waals surface area contributed by atoms with Crippen molar-refractivity contribution in [2.24, 2.45) is 0 Å². The predicted molar refractivity (Wildman–Crippen MR) is 134 cm³/mol. The molecule has 0 atom stereocenters. The molecule has 0 bridgehead atoms. The van der Waals surface area contributed by atoms with Gasteiger partial charge in [-0.1, -0.05) is 35.9 Å². The third-order valence-corrected chi connectivity index (χ3v) is 6.37. The maximum Gasteiger partial charge on any atom is 0.416 e. The average molecular weight is 529 g/mol. The number of para-hydroxylation sites is 2. The minimum Gasteiger partial charge on any atom is -0.341 e. The van der Waals surface area contributed by atoms with Crippen molar-refractivity contribution in [1.82, 2.24) is 14.0 Å². The lowest BCUT2D eigenvalue weighted by molar-refractivity contribution is -0.137. The number of ketones is 1. The van der Waals surface area contributed by atoms with Gasteiger partial charge in [0, 0.05) is 37.1 Å². The van der Waals surface area contributed by atoms with Gasteiger partial charge in [-0.2, -0.15) is 13.2 Å². The number of hydrogen-bond donors (Lipinski definition) is 1. The Bertz CT molecular complexity index is 1490. The molecule has 4 aromatic rings. The Morgan fingerprint density at radius 2 is 1.51 bits per heavy atom. The summed E-state index contributed by atoms with van der Waals surface area (Å²) in [6.45, 7) is 0.320. The van der Waals surface area contributed by atoms with Crippen LogP contribution in [-0.2, 0) is 30.6 Å². The van der Waals surface area contributed by atoms with Crippen LogP contribution in [0.15, 0.2) is 72.8 Å². The average Bonchev–Trinajstić information content (AvgIpc) is 3.13.